The molecule has 0 aliphatic rings. The van der Waals surface area contributed by atoms with Crippen molar-refractivity contribution in [3.63, 3.8) is 0 Å². The molecule has 0 spiro atoms. The number of aromatic hydroxyl groups is 2. The second-order valence-electron chi connectivity index (χ2n) is 4.41. The summed E-state index contributed by atoms with van der Waals surface area (Å²) in [5.41, 5.74) is 2.79. The topological polar surface area (TPSA) is 94.8 Å². The maximum Gasteiger partial charge on any atom is 0.253 e. The highest BCUT2D eigenvalue weighted by atomic mass is 32.2. The van der Waals surface area contributed by atoms with E-state index < -0.39 is 0 Å². The van der Waals surface area contributed by atoms with E-state index in [0.29, 0.717) is 5.56 Å². The van der Waals surface area contributed by atoms with Gasteiger partial charge in [0.05, 0.1) is 16.5 Å². The van der Waals surface area contributed by atoms with Crippen LogP contribution >= 0.6 is 11.8 Å². The summed E-state index contributed by atoms with van der Waals surface area (Å²) < 4.78 is 0. The smallest absolute Gasteiger partial charge is 0.253 e. The van der Waals surface area contributed by atoms with Gasteiger partial charge in [-0.2, -0.15) is 5.10 Å². The van der Waals surface area contributed by atoms with Gasteiger partial charge in [0, 0.05) is 17.8 Å². The Kier molecular flexibility index (Phi) is 5.37. The number of hydrogen-bond donors (Lipinski definition) is 3. The second-order valence-corrected chi connectivity index (χ2v) is 5.77. The molecule has 1 amide bonds. The summed E-state index contributed by atoms with van der Waals surface area (Å²) in [6, 6.07) is 9.60. The SMILES string of the molecule is CC(Sc1ccccn1)C(=O)NN=Cc1ccc(O)cc1O. The number of nitrogens with one attached hydrogen (secondary N) is 1. The normalized spacial score (nSPS) is 12.2. The Bertz CT molecular complexity index is 677. The van der Waals surface area contributed by atoms with Crippen LogP contribution in [0.3, 0.4) is 0 Å². The number of hydrazone groups is 1. The molecule has 0 aliphatic carbocycles. The molecule has 7 heteroatoms. The Morgan fingerprint density at radius 1 is 1.36 bits per heavy atom. The average Bonchev–Trinajstić information content (AvgIpc) is 2.50. The molecule has 0 bridgehead atoms. The summed E-state index contributed by atoms with van der Waals surface area (Å²) in [5, 5.41) is 23.0. The molecule has 1 atom stereocenters. The molecule has 0 saturated carbocycles. The molecule has 6 nitrogen and oxygen atoms in total. The van der Waals surface area contributed by atoms with Crippen molar-refractivity contribution in [1.82, 2.24) is 10.4 Å². The monoisotopic (exact) mass is 317 g/mol. The van der Waals surface area contributed by atoms with E-state index in [0.717, 1.165) is 5.03 Å². The Labute approximate surface area is 131 Å². The summed E-state index contributed by atoms with van der Waals surface area (Å²) in [5.74, 6) is -0.432. The van der Waals surface area contributed by atoms with Gasteiger partial charge in [-0.05, 0) is 31.2 Å². The minimum absolute atomic E-state index is 0.0425. The number of hydrogen-bond acceptors (Lipinski definition) is 6. The highest BCUT2D eigenvalue weighted by molar-refractivity contribution is 8.00. The van der Waals surface area contributed by atoms with Crippen LogP contribution in [0.15, 0.2) is 52.7 Å². The highest BCUT2D eigenvalue weighted by Gasteiger charge is 2.14. The van der Waals surface area contributed by atoms with Crippen molar-refractivity contribution in [2.45, 2.75) is 17.2 Å². The number of benzene rings is 1. The summed E-state index contributed by atoms with van der Waals surface area (Å²) in [4.78, 5) is 16.0. The van der Waals surface area contributed by atoms with Gasteiger partial charge in [-0.3, -0.25) is 4.79 Å². The molecule has 0 radical (unpaired) electrons. The van der Waals surface area contributed by atoms with Gasteiger partial charge in [-0.1, -0.05) is 17.8 Å². The quantitative estimate of drug-likeness (QED) is 0.446. The largest absolute Gasteiger partial charge is 0.508 e. The van der Waals surface area contributed by atoms with Gasteiger partial charge in [0.1, 0.15) is 11.5 Å². The van der Waals surface area contributed by atoms with Crippen molar-refractivity contribution in [2.24, 2.45) is 5.10 Å². The molecule has 0 fully saturated rings. The average molecular weight is 317 g/mol. The number of amides is 1. The minimum Gasteiger partial charge on any atom is -0.508 e. The zero-order valence-electron chi connectivity index (χ0n) is 11.8. The zero-order valence-corrected chi connectivity index (χ0v) is 12.6. The van der Waals surface area contributed by atoms with Crippen LogP contribution in [-0.4, -0.2) is 32.6 Å². The number of aromatic nitrogens is 1. The predicted octanol–water partition coefficient (Wildman–Crippen LogP) is 2.12. The lowest BCUT2D eigenvalue weighted by Gasteiger charge is -2.08. The van der Waals surface area contributed by atoms with Crippen LogP contribution in [0.25, 0.3) is 0 Å². The lowest BCUT2D eigenvalue weighted by molar-refractivity contribution is -0.120. The first-order chi connectivity index (χ1) is 10.6. The number of rotatable bonds is 5. The molecule has 1 aromatic carbocycles. The third-order valence-electron chi connectivity index (χ3n) is 2.70. The number of phenolic OH excluding ortho intramolecular Hbond substituents is 2. The molecule has 1 aromatic heterocycles. The van der Waals surface area contributed by atoms with Crippen molar-refractivity contribution in [2.75, 3.05) is 0 Å². The van der Waals surface area contributed by atoms with Crippen molar-refractivity contribution < 1.29 is 15.0 Å². The molecule has 22 heavy (non-hydrogen) atoms. The first-order valence-electron chi connectivity index (χ1n) is 6.49. The van der Waals surface area contributed by atoms with E-state index in [1.807, 2.05) is 18.2 Å². The van der Waals surface area contributed by atoms with Crippen LogP contribution in [0.2, 0.25) is 0 Å². The predicted molar refractivity (Wildman–Crippen MR) is 85.1 cm³/mol. The van der Waals surface area contributed by atoms with Crippen LogP contribution in [-0.2, 0) is 4.79 Å². The fourth-order valence-corrected chi connectivity index (χ4v) is 2.35. The van der Waals surface area contributed by atoms with Gasteiger partial charge in [0.2, 0.25) is 0 Å². The Balaban J connectivity index is 1.90. The number of carbonyl (C=O) groups excluding carboxylic acids is 1. The third kappa shape index (κ3) is 4.49. The van der Waals surface area contributed by atoms with Gasteiger partial charge >= 0.3 is 0 Å². The lowest BCUT2D eigenvalue weighted by Crippen LogP contribution is -2.26. The van der Waals surface area contributed by atoms with Crippen molar-refractivity contribution in [3.05, 3.63) is 48.2 Å². The maximum atomic E-state index is 11.9. The summed E-state index contributed by atoms with van der Waals surface area (Å²) in [6.45, 7) is 1.75. The number of nitrogens with zero attached hydrogens (tertiary/aromatic N) is 2. The maximum absolute atomic E-state index is 11.9. The van der Waals surface area contributed by atoms with Gasteiger partial charge in [0.15, 0.2) is 0 Å². The molecule has 114 valence electrons. The minimum atomic E-state index is -0.361. The van der Waals surface area contributed by atoms with E-state index in [4.69, 9.17) is 0 Å². The van der Waals surface area contributed by atoms with Crippen LogP contribution in [0.5, 0.6) is 11.5 Å². The van der Waals surface area contributed by atoms with Gasteiger partial charge < -0.3 is 10.2 Å². The molecule has 1 heterocycles. The van der Waals surface area contributed by atoms with Crippen molar-refractivity contribution >= 4 is 23.9 Å². The number of carbonyl (C=O) groups is 1. The standard InChI is InChI=1S/C15H15N3O3S/c1-10(22-14-4-2-3-7-16-14)15(21)18-17-9-11-5-6-12(19)8-13(11)20/h2-10,19-20H,1H3,(H,18,21). The van der Waals surface area contributed by atoms with Gasteiger partial charge in [0.25, 0.3) is 5.91 Å². The van der Waals surface area contributed by atoms with E-state index >= 15 is 0 Å². The fraction of sp³-hybridized carbons (Fsp3) is 0.133. The molecule has 2 aromatic rings. The summed E-state index contributed by atoms with van der Waals surface area (Å²) >= 11 is 1.32. The molecular formula is C15H15N3O3S. The zero-order chi connectivity index (χ0) is 15.9. The van der Waals surface area contributed by atoms with Crippen molar-refractivity contribution in [1.29, 1.82) is 0 Å². The van der Waals surface area contributed by atoms with E-state index in [-0.39, 0.29) is 22.7 Å². The fourth-order valence-electron chi connectivity index (χ4n) is 1.55. The first kappa shape index (κ1) is 15.8. The van der Waals surface area contributed by atoms with E-state index in [2.05, 4.69) is 15.5 Å². The Morgan fingerprint density at radius 2 is 2.18 bits per heavy atom. The summed E-state index contributed by atoms with van der Waals surface area (Å²) in [7, 11) is 0. The number of thioether (sulfide) groups is 1. The van der Waals surface area contributed by atoms with Gasteiger partial charge in [-0.25, -0.2) is 10.4 Å². The van der Waals surface area contributed by atoms with Crippen molar-refractivity contribution in [3.8, 4) is 11.5 Å². The Morgan fingerprint density at radius 3 is 2.86 bits per heavy atom. The molecule has 2 rings (SSSR count). The number of pyridine rings is 1. The van der Waals surface area contributed by atoms with Crippen LogP contribution in [0, 0.1) is 0 Å². The van der Waals surface area contributed by atoms with Crippen LogP contribution in [0.4, 0.5) is 0 Å². The highest BCUT2D eigenvalue weighted by Crippen LogP contribution is 2.21. The Hall–Kier alpha value is -2.54. The third-order valence-corrected chi connectivity index (χ3v) is 3.75. The van der Waals surface area contributed by atoms with Gasteiger partial charge in [-0.15, -0.1) is 0 Å². The van der Waals surface area contributed by atoms with E-state index in [9.17, 15) is 15.0 Å². The number of phenols is 2. The molecule has 1 unspecified atom stereocenters. The van der Waals surface area contributed by atoms with Crippen LogP contribution in [0.1, 0.15) is 12.5 Å². The first-order valence-corrected chi connectivity index (χ1v) is 7.37. The lowest BCUT2D eigenvalue weighted by atomic mass is 10.2. The molecule has 0 saturated heterocycles. The molecule has 3 N–H and O–H groups in total. The van der Waals surface area contributed by atoms with Crippen LogP contribution < -0.4 is 5.43 Å². The summed E-state index contributed by atoms with van der Waals surface area (Å²) in [6.07, 6.45) is 2.98. The molecule has 0 aliphatic heterocycles. The van der Waals surface area contributed by atoms with E-state index in [1.165, 1.54) is 36.2 Å². The van der Waals surface area contributed by atoms with E-state index in [1.54, 1.807) is 13.1 Å². The second kappa shape index (κ2) is 7.46. The molecular weight excluding hydrogens is 302 g/mol.